The molecule has 1 saturated carbocycles. The van der Waals surface area contributed by atoms with E-state index in [4.69, 9.17) is 4.42 Å². The normalized spacial score (nSPS) is 17.7. The van der Waals surface area contributed by atoms with Crippen LogP contribution in [-0.4, -0.2) is 21.8 Å². The van der Waals surface area contributed by atoms with E-state index < -0.39 is 0 Å². The number of hydrogen-bond donors (Lipinski definition) is 1. The van der Waals surface area contributed by atoms with Gasteiger partial charge in [-0.3, -0.25) is 9.69 Å². The molecule has 0 spiro atoms. The molecular weight excluding hydrogens is 266 g/mol. The minimum absolute atomic E-state index is 0.179. The number of benzene rings is 1. The maximum atomic E-state index is 11.9. The highest BCUT2D eigenvalue weighted by molar-refractivity contribution is 5.90. The van der Waals surface area contributed by atoms with Crippen LogP contribution in [0.15, 0.2) is 34.7 Å². The molecule has 1 fully saturated rings. The number of oxazole rings is 1. The van der Waals surface area contributed by atoms with E-state index in [2.05, 4.69) is 27.3 Å². The molecule has 1 aliphatic carbocycles. The molecule has 0 bridgehead atoms. The lowest BCUT2D eigenvalue weighted by Gasteiger charge is -2.14. The Bertz CT molecular complexity index is 638. The van der Waals surface area contributed by atoms with Crippen LogP contribution < -0.4 is 5.32 Å². The van der Waals surface area contributed by atoms with Crippen LogP contribution in [0, 0.1) is 0 Å². The summed E-state index contributed by atoms with van der Waals surface area (Å²) in [5.41, 5.74) is 2.17. The lowest BCUT2D eigenvalue weighted by molar-refractivity contribution is 0.0911. The van der Waals surface area contributed by atoms with Crippen LogP contribution in [0.3, 0.4) is 0 Å². The molecular formula is C16H17N3O2. The summed E-state index contributed by atoms with van der Waals surface area (Å²) >= 11 is 0. The van der Waals surface area contributed by atoms with Gasteiger partial charge in [-0.15, -0.1) is 0 Å². The highest BCUT2D eigenvalue weighted by atomic mass is 16.4. The van der Waals surface area contributed by atoms with E-state index in [1.54, 1.807) is 0 Å². The molecule has 108 valence electrons. The Morgan fingerprint density at radius 1 is 1.29 bits per heavy atom. The minimum Gasteiger partial charge on any atom is -0.436 e. The zero-order chi connectivity index (χ0) is 14.2. The van der Waals surface area contributed by atoms with Crippen LogP contribution in [0.4, 0.5) is 0 Å². The first-order chi connectivity index (χ1) is 10.3. The van der Waals surface area contributed by atoms with E-state index in [9.17, 15) is 4.79 Å². The fourth-order valence-electron chi connectivity index (χ4n) is 2.63. The topological polar surface area (TPSA) is 58.4 Å². The number of carbonyl (C=O) groups is 1. The van der Waals surface area contributed by atoms with E-state index in [0.717, 1.165) is 37.4 Å². The Labute approximate surface area is 123 Å². The van der Waals surface area contributed by atoms with Crippen LogP contribution in [-0.2, 0) is 19.6 Å². The van der Waals surface area contributed by atoms with Crippen molar-refractivity contribution in [2.24, 2.45) is 0 Å². The van der Waals surface area contributed by atoms with Crippen LogP contribution in [0.5, 0.6) is 0 Å². The first-order valence-corrected chi connectivity index (χ1v) is 7.33. The van der Waals surface area contributed by atoms with E-state index in [1.807, 2.05) is 18.2 Å². The van der Waals surface area contributed by atoms with Crippen LogP contribution in [0.1, 0.15) is 40.5 Å². The van der Waals surface area contributed by atoms with Gasteiger partial charge in [-0.25, -0.2) is 4.98 Å². The van der Waals surface area contributed by atoms with Crippen molar-refractivity contribution in [1.29, 1.82) is 0 Å². The van der Waals surface area contributed by atoms with Gasteiger partial charge in [0.15, 0.2) is 0 Å². The molecule has 4 rings (SSSR count). The molecule has 0 saturated heterocycles. The average Bonchev–Trinajstić information content (AvgIpc) is 3.07. The summed E-state index contributed by atoms with van der Waals surface area (Å²) in [6.45, 7) is 2.33. The van der Waals surface area contributed by atoms with Crippen molar-refractivity contribution in [2.45, 2.75) is 38.5 Å². The zero-order valence-corrected chi connectivity index (χ0v) is 11.7. The third-order valence-electron chi connectivity index (χ3n) is 3.87. The number of aromatic nitrogens is 1. The monoisotopic (exact) mass is 283 g/mol. The van der Waals surface area contributed by atoms with Crippen LogP contribution in [0.25, 0.3) is 0 Å². The number of carbonyl (C=O) groups excluding carboxylic acids is 1. The first-order valence-electron chi connectivity index (χ1n) is 7.33. The summed E-state index contributed by atoms with van der Waals surface area (Å²) in [4.78, 5) is 18.5. The molecule has 21 heavy (non-hydrogen) atoms. The van der Waals surface area contributed by atoms with Crippen molar-refractivity contribution in [3.8, 4) is 0 Å². The van der Waals surface area contributed by atoms with Crippen molar-refractivity contribution in [2.75, 3.05) is 0 Å². The molecule has 2 heterocycles. The summed E-state index contributed by atoms with van der Waals surface area (Å²) in [6.07, 6.45) is 2.13. The van der Waals surface area contributed by atoms with Crippen molar-refractivity contribution in [3.63, 3.8) is 0 Å². The largest absolute Gasteiger partial charge is 0.436 e. The van der Waals surface area contributed by atoms with Gasteiger partial charge in [-0.2, -0.15) is 0 Å². The standard InChI is InChI=1S/C16H17N3O2/c20-15(17-12-6-7-12)16-18-13-9-19(10-14(13)21-16)8-11-4-2-1-3-5-11/h1-5,12H,6-10H2,(H,17,20). The Balaban J connectivity index is 1.41. The molecule has 0 atom stereocenters. The van der Waals surface area contributed by atoms with Gasteiger partial charge in [0.2, 0.25) is 0 Å². The quantitative estimate of drug-likeness (QED) is 0.933. The molecule has 2 aliphatic rings. The van der Waals surface area contributed by atoms with E-state index >= 15 is 0 Å². The molecule has 1 N–H and O–H groups in total. The van der Waals surface area contributed by atoms with E-state index in [0.29, 0.717) is 12.6 Å². The fourth-order valence-corrected chi connectivity index (χ4v) is 2.63. The zero-order valence-electron chi connectivity index (χ0n) is 11.7. The van der Waals surface area contributed by atoms with Gasteiger partial charge in [0, 0.05) is 19.1 Å². The predicted octanol–water partition coefficient (Wildman–Crippen LogP) is 2.08. The lowest BCUT2D eigenvalue weighted by Crippen LogP contribution is -2.26. The van der Waals surface area contributed by atoms with E-state index in [-0.39, 0.29) is 11.8 Å². The number of amides is 1. The van der Waals surface area contributed by atoms with Crippen molar-refractivity contribution in [1.82, 2.24) is 15.2 Å². The van der Waals surface area contributed by atoms with Gasteiger partial charge >= 0.3 is 5.91 Å². The molecule has 1 aromatic heterocycles. The smallest absolute Gasteiger partial charge is 0.307 e. The number of rotatable bonds is 4. The van der Waals surface area contributed by atoms with Gasteiger partial charge < -0.3 is 9.73 Å². The van der Waals surface area contributed by atoms with Gasteiger partial charge in [0.05, 0.1) is 12.2 Å². The Morgan fingerprint density at radius 2 is 2.10 bits per heavy atom. The minimum atomic E-state index is -0.179. The van der Waals surface area contributed by atoms with Crippen LogP contribution in [0.2, 0.25) is 0 Å². The van der Waals surface area contributed by atoms with Gasteiger partial charge in [-0.1, -0.05) is 30.3 Å². The highest BCUT2D eigenvalue weighted by Crippen LogP contribution is 2.25. The lowest BCUT2D eigenvalue weighted by atomic mass is 10.2. The molecule has 5 heteroatoms. The summed E-state index contributed by atoms with van der Waals surface area (Å²) in [7, 11) is 0. The summed E-state index contributed by atoms with van der Waals surface area (Å²) in [6, 6.07) is 10.7. The third-order valence-corrected chi connectivity index (χ3v) is 3.87. The van der Waals surface area contributed by atoms with Gasteiger partial charge in [-0.05, 0) is 18.4 Å². The second kappa shape index (κ2) is 5.00. The maximum absolute atomic E-state index is 11.9. The molecule has 2 aromatic rings. The second-order valence-electron chi connectivity index (χ2n) is 5.77. The summed E-state index contributed by atoms with van der Waals surface area (Å²) in [5.74, 6) is 0.861. The molecule has 0 radical (unpaired) electrons. The van der Waals surface area contributed by atoms with Crippen molar-refractivity contribution < 1.29 is 9.21 Å². The predicted molar refractivity (Wildman–Crippen MR) is 76.4 cm³/mol. The van der Waals surface area contributed by atoms with Crippen molar-refractivity contribution in [3.05, 3.63) is 53.2 Å². The van der Waals surface area contributed by atoms with Gasteiger partial charge in [0.25, 0.3) is 5.89 Å². The summed E-state index contributed by atoms with van der Waals surface area (Å²) < 4.78 is 5.62. The number of fused-ring (bicyclic) bond motifs is 1. The van der Waals surface area contributed by atoms with Crippen LogP contribution >= 0.6 is 0 Å². The average molecular weight is 283 g/mol. The van der Waals surface area contributed by atoms with E-state index in [1.165, 1.54) is 5.56 Å². The molecule has 1 amide bonds. The van der Waals surface area contributed by atoms with Crippen molar-refractivity contribution >= 4 is 5.91 Å². The molecule has 5 nitrogen and oxygen atoms in total. The van der Waals surface area contributed by atoms with Gasteiger partial charge in [0.1, 0.15) is 5.76 Å². The number of hydrogen-bond acceptors (Lipinski definition) is 4. The first kappa shape index (κ1) is 12.6. The number of nitrogens with zero attached hydrogens (tertiary/aromatic N) is 2. The Kier molecular flexibility index (Phi) is 3.00. The maximum Gasteiger partial charge on any atom is 0.307 e. The Morgan fingerprint density at radius 3 is 2.81 bits per heavy atom. The third kappa shape index (κ3) is 2.69. The Hall–Kier alpha value is -2.14. The molecule has 0 unspecified atom stereocenters. The highest BCUT2D eigenvalue weighted by Gasteiger charge is 2.30. The number of nitrogens with one attached hydrogen (secondary N) is 1. The second-order valence-corrected chi connectivity index (χ2v) is 5.77. The molecule has 1 aromatic carbocycles. The summed E-state index contributed by atoms with van der Waals surface area (Å²) in [5, 5.41) is 2.90. The fraction of sp³-hybridized carbons (Fsp3) is 0.375. The SMILES string of the molecule is O=C(NC1CC1)c1nc2c(o1)CN(Cc1ccccc1)C2. The molecule has 1 aliphatic heterocycles.